The number of amides is 2. The number of carbonyl (C=O) groups excluding carboxylic acids is 2. The van der Waals surface area contributed by atoms with E-state index in [1.54, 1.807) is 38.5 Å². The molecule has 7 nitrogen and oxygen atoms in total. The summed E-state index contributed by atoms with van der Waals surface area (Å²) in [5.74, 6) is 0.920. The van der Waals surface area contributed by atoms with Crippen LogP contribution in [0.15, 0.2) is 77.7 Å². The van der Waals surface area contributed by atoms with Crippen LogP contribution < -0.4 is 20.1 Å². The Bertz CT molecular complexity index is 1140. The van der Waals surface area contributed by atoms with Gasteiger partial charge in [-0.3, -0.25) is 9.59 Å². The fraction of sp³-hybridized carbons (Fsp3) is 0.259. The van der Waals surface area contributed by atoms with Crippen molar-refractivity contribution in [1.29, 1.82) is 0 Å². The van der Waals surface area contributed by atoms with Crippen LogP contribution in [0.4, 0.5) is 5.69 Å². The van der Waals surface area contributed by atoms with Crippen molar-refractivity contribution in [1.82, 2.24) is 10.2 Å². The van der Waals surface area contributed by atoms with Crippen LogP contribution in [0, 0.1) is 0 Å². The summed E-state index contributed by atoms with van der Waals surface area (Å²) in [6.07, 6.45) is 0. The molecule has 3 rings (SSSR count). The zero-order valence-electron chi connectivity index (χ0n) is 20.4. The third-order valence-corrected chi connectivity index (χ3v) is 6.49. The Hall–Kier alpha value is -3.49. The van der Waals surface area contributed by atoms with E-state index >= 15 is 0 Å². The van der Waals surface area contributed by atoms with E-state index in [1.165, 1.54) is 11.8 Å². The highest BCUT2D eigenvalue weighted by Gasteiger charge is 2.18. The number of likely N-dealkylation sites (N-methyl/N-ethyl adjacent to an activating group) is 1. The number of nitrogens with one attached hydrogen (secondary N) is 2. The monoisotopic (exact) mass is 493 g/mol. The molecule has 2 amide bonds. The fourth-order valence-corrected chi connectivity index (χ4v) is 4.44. The molecule has 0 radical (unpaired) electrons. The highest BCUT2D eigenvalue weighted by Crippen LogP contribution is 2.30. The Labute approximate surface area is 210 Å². The average molecular weight is 494 g/mol. The number of carbonyl (C=O) groups is 2. The van der Waals surface area contributed by atoms with Gasteiger partial charge in [0.05, 0.1) is 31.6 Å². The first kappa shape index (κ1) is 26.1. The van der Waals surface area contributed by atoms with Gasteiger partial charge in [0.25, 0.3) is 5.91 Å². The maximum absolute atomic E-state index is 13.0. The van der Waals surface area contributed by atoms with Crippen LogP contribution in [0.2, 0.25) is 0 Å². The lowest BCUT2D eigenvalue weighted by Gasteiger charge is -2.25. The Morgan fingerprint density at radius 2 is 1.60 bits per heavy atom. The van der Waals surface area contributed by atoms with E-state index in [2.05, 4.69) is 27.7 Å². The van der Waals surface area contributed by atoms with Crippen molar-refractivity contribution in [3.05, 3.63) is 83.9 Å². The second-order valence-electron chi connectivity index (χ2n) is 8.00. The second kappa shape index (κ2) is 12.8. The van der Waals surface area contributed by atoms with Gasteiger partial charge in [-0.1, -0.05) is 42.5 Å². The minimum Gasteiger partial charge on any atom is -0.493 e. The van der Waals surface area contributed by atoms with Gasteiger partial charge in [0.1, 0.15) is 0 Å². The van der Waals surface area contributed by atoms with Crippen molar-refractivity contribution in [2.75, 3.05) is 45.9 Å². The molecule has 0 aliphatic heterocycles. The normalized spacial score (nSPS) is 11.6. The number of hydrogen-bond acceptors (Lipinski definition) is 6. The Morgan fingerprint density at radius 1 is 0.914 bits per heavy atom. The van der Waals surface area contributed by atoms with Gasteiger partial charge in [-0.05, 0) is 43.9 Å². The Balaban J connectivity index is 1.61. The van der Waals surface area contributed by atoms with Crippen molar-refractivity contribution < 1.29 is 19.1 Å². The molecule has 0 spiro atoms. The summed E-state index contributed by atoms with van der Waals surface area (Å²) < 4.78 is 10.5. The predicted molar refractivity (Wildman–Crippen MR) is 141 cm³/mol. The van der Waals surface area contributed by atoms with Crippen LogP contribution in [-0.4, -0.2) is 57.3 Å². The molecule has 0 heterocycles. The molecule has 1 atom stereocenters. The molecule has 0 saturated heterocycles. The second-order valence-corrected chi connectivity index (χ2v) is 9.02. The van der Waals surface area contributed by atoms with Gasteiger partial charge in [-0.15, -0.1) is 11.8 Å². The number of hydrogen-bond donors (Lipinski definition) is 2. The highest BCUT2D eigenvalue weighted by atomic mass is 32.2. The smallest absolute Gasteiger partial charge is 0.252 e. The molecule has 0 unspecified atom stereocenters. The predicted octanol–water partition coefficient (Wildman–Crippen LogP) is 4.47. The zero-order chi connectivity index (χ0) is 25.2. The fourth-order valence-electron chi connectivity index (χ4n) is 3.59. The first-order valence-electron chi connectivity index (χ1n) is 11.2. The molecule has 0 aromatic heterocycles. The Kier molecular flexibility index (Phi) is 9.57. The summed E-state index contributed by atoms with van der Waals surface area (Å²) in [6, 6.07) is 22.6. The van der Waals surface area contributed by atoms with E-state index < -0.39 is 0 Å². The van der Waals surface area contributed by atoms with Crippen molar-refractivity contribution in [2.45, 2.75) is 10.9 Å². The number of methoxy groups -OCH3 is 2. The maximum Gasteiger partial charge on any atom is 0.252 e. The summed E-state index contributed by atoms with van der Waals surface area (Å²) in [5, 5.41) is 5.91. The third kappa shape index (κ3) is 7.24. The van der Waals surface area contributed by atoms with Crippen LogP contribution in [0.25, 0.3) is 0 Å². The summed E-state index contributed by atoms with van der Waals surface area (Å²) in [4.78, 5) is 28.4. The topological polar surface area (TPSA) is 79.9 Å². The lowest BCUT2D eigenvalue weighted by Crippen LogP contribution is -2.34. The van der Waals surface area contributed by atoms with E-state index in [0.717, 1.165) is 10.5 Å². The average Bonchev–Trinajstić information content (AvgIpc) is 2.88. The molecule has 184 valence electrons. The van der Waals surface area contributed by atoms with E-state index in [-0.39, 0.29) is 23.6 Å². The first-order valence-corrected chi connectivity index (χ1v) is 12.1. The van der Waals surface area contributed by atoms with Crippen LogP contribution >= 0.6 is 11.8 Å². The molecule has 0 bridgehead atoms. The molecular weight excluding hydrogens is 462 g/mol. The molecule has 3 aromatic rings. The molecule has 8 heteroatoms. The number of ether oxygens (including phenoxy) is 2. The van der Waals surface area contributed by atoms with Gasteiger partial charge in [-0.2, -0.15) is 0 Å². The van der Waals surface area contributed by atoms with Crippen molar-refractivity contribution >= 4 is 29.3 Å². The van der Waals surface area contributed by atoms with E-state index in [9.17, 15) is 9.59 Å². The van der Waals surface area contributed by atoms with E-state index in [0.29, 0.717) is 29.3 Å². The van der Waals surface area contributed by atoms with Gasteiger partial charge in [0.15, 0.2) is 11.5 Å². The molecule has 35 heavy (non-hydrogen) atoms. The zero-order valence-corrected chi connectivity index (χ0v) is 21.2. The molecule has 0 aliphatic carbocycles. The lowest BCUT2D eigenvalue weighted by atomic mass is 10.1. The van der Waals surface area contributed by atoms with Gasteiger partial charge in [0.2, 0.25) is 5.91 Å². The van der Waals surface area contributed by atoms with Crippen molar-refractivity contribution in [3.8, 4) is 11.5 Å². The Morgan fingerprint density at radius 3 is 2.29 bits per heavy atom. The standard InChI is InChI=1S/C27H31N3O4S/c1-30(2)22(19-10-6-5-7-11-19)17-28-27(32)21-12-8-9-13-25(21)35-18-26(31)29-20-14-15-23(33-3)24(16-20)34-4/h5-16,22H,17-18H2,1-4H3,(H,28,32)(H,29,31)/t22-/m0/s1. The summed E-state index contributed by atoms with van der Waals surface area (Å²) >= 11 is 1.32. The van der Waals surface area contributed by atoms with Crippen LogP contribution in [0.3, 0.4) is 0 Å². The van der Waals surface area contributed by atoms with Crippen LogP contribution in [0.5, 0.6) is 11.5 Å². The molecule has 0 fully saturated rings. The minimum absolute atomic E-state index is 0.0484. The van der Waals surface area contributed by atoms with E-state index in [1.807, 2.05) is 50.5 Å². The minimum atomic E-state index is -0.186. The lowest BCUT2D eigenvalue weighted by molar-refractivity contribution is -0.113. The molecule has 2 N–H and O–H groups in total. The SMILES string of the molecule is COc1ccc(NC(=O)CSc2ccccc2C(=O)NC[C@@H](c2ccccc2)N(C)C)cc1OC. The van der Waals surface area contributed by atoms with Crippen molar-refractivity contribution in [3.63, 3.8) is 0 Å². The van der Waals surface area contributed by atoms with Gasteiger partial charge >= 0.3 is 0 Å². The summed E-state index contributed by atoms with van der Waals surface area (Å²) in [6.45, 7) is 0.467. The largest absolute Gasteiger partial charge is 0.493 e. The highest BCUT2D eigenvalue weighted by molar-refractivity contribution is 8.00. The van der Waals surface area contributed by atoms with Crippen molar-refractivity contribution in [2.24, 2.45) is 0 Å². The molecule has 3 aromatic carbocycles. The summed E-state index contributed by atoms with van der Waals surface area (Å²) in [5.41, 5.74) is 2.28. The quantitative estimate of drug-likeness (QED) is 0.384. The molecule has 0 saturated carbocycles. The maximum atomic E-state index is 13.0. The van der Waals surface area contributed by atoms with E-state index in [4.69, 9.17) is 9.47 Å². The number of benzene rings is 3. The van der Waals surface area contributed by atoms with Gasteiger partial charge < -0.3 is 25.0 Å². The van der Waals surface area contributed by atoms with Gasteiger partial charge in [0, 0.05) is 23.2 Å². The molecule has 0 aliphatic rings. The van der Waals surface area contributed by atoms with Gasteiger partial charge in [-0.25, -0.2) is 0 Å². The van der Waals surface area contributed by atoms with Crippen LogP contribution in [0.1, 0.15) is 22.0 Å². The van der Waals surface area contributed by atoms with Crippen LogP contribution in [-0.2, 0) is 4.79 Å². The molecular formula is C27H31N3O4S. The third-order valence-electron chi connectivity index (χ3n) is 5.42. The number of rotatable bonds is 11. The number of anilines is 1. The first-order chi connectivity index (χ1) is 16.9. The number of thioether (sulfide) groups is 1. The summed E-state index contributed by atoms with van der Waals surface area (Å²) in [7, 11) is 7.08. The number of nitrogens with zero attached hydrogens (tertiary/aromatic N) is 1.